The summed E-state index contributed by atoms with van der Waals surface area (Å²) in [5, 5.41) is 2.67. The summed E-state index contributed by atoms with van der Waals surface area (Å²) < 4.78 is 5.07. The van der Waals surface area contributed by atoms with Crippen LogP contribution in [0, 0.1) is 5.92 Å². The van der Waals surface area contributed by atoms with Crippen molar-refractivity contribution in [3.05, 3.63) is 77.9 Å². The molecule has 7 heteroatoms. The molecule has 0 N–H and O–H groups in total. The lowest BCUT2D eigenvalue weighted by molar-refractivity contribution is -0.122. The third-order valence-corrected chi connectivity index (χ3v) is 6.52. The van der Waals surface area contributed by atoms with E-state index in [1.807, 2.05) is 54.9 Å². The zero-order valence-electron chi connectivity index (χ0n) is 18.9. The molecule has 0 radical (unpaired) electrons. The number of benzene rings is 2. The molecule has 1 atom stereocenters. The molecule has 0 fully saturated rings. The van der Waals surface area contributed by atoms with E-state index in [2.05, 4.69) is 29.0 Å². The van der Waals surface area contributed by atoms with Gasteiger partial charge in [-0.15, -0.1) is 11.3 Å². The number of anilines is 1. The highest BCUT2D eigenvalue weighted by molar-refractivity contribution is 7.14. The Labute approximate surface area is 197 Å². The molecule has 33 heavy (non-hydrogen) atoms. The average molecular weight is 459 g/mol. The molecule has 4 rings (SSSR count). The molecule has 0 aliphatic carbocycles. The second-order valence-corrected chi connectivity index (χ2v) is 8.55. The summed E-state index contributed by atoms with van der Waals surface area (Å²) in [4.78, 5) is 28.2. The van der Waals surface area contributed by atoms with Gasteiger partial charge in [-0.3, -0.25) is 9.69 Å². The van der Waals surface area contributed by atoms with Crippen LogP contribution in [0.3, 0.4) is 0 Å². The van der Waals surface area contributed by atoms with Crippen LogP contribution in [0.1, 0.15) is 18.9 Å². The van der Waals surface area contributed by atoms with Crippen molar-refractivity contribution in [1.29, 1.82) is 0 Å². The van der Waals surface area contributed by atoms with Crippen molar-refractivity contribution in [2.75, 3.05) is 19.1 Å². The van der Waals surface area contributed by atoms with Gasteiger partial charge < -0.3 is 4.74 Å². The van der Waals surface area contributed by atoms with Gasteiger partial charge in [0.25, 0.3) is 0 Å². The maximum absolute atomic E-state index is 13.2. The molecule has 0 bridgehead atoms. The van der Waals surface area contributed by atoms with E-state index >= 15 is 0 Å². The number of ether oxygens (including phenoxy) is 1. The van der Waals surface area contributed by atoms with E-state index in [4.69, 9.17) is 9.72 Å². The van der Waals surface area contributed by atoms with Crippen molar-refractivity contribution < 1.29 is 9.53 Å². The van der Waals surface area contributed by atoms with Gasteiger partial charge in [0.05, 0.1) is 12.8 Å². The van der Waals surface area contributed by atoms with Crippen LogP contribution in [-0.2, 0) is 11.2 Å². The van der Waals surface area contributed by atoms with E-state index in [1.54, 1.807) is 24.4 Å². The van der Waals surface area contributed by atoms with Crippen LogP contribution in [-0.4, -0.2) is 35.0 Å². The lowest BCUT2D eigenvalue weighted by atomic mass is 9.96. The molecule has 168 valence electrons. The quantitative estimate of drug-likeness (QED) is 0.348. The molecule has 2 aromatic carbocycles. The number of hydrogen-bond donors (Lipinski definition) is 0. The molecule has 1 amide bonds. The van der Waals surface area contributed by atoms with Gasteiger partial charge in [0.2, 0.25) is 5.91 Å². The SMILES string of the molecule is CC[C@H](Cc1ccccc1)C(=O)N(C)c1nc(-c2ccccc2-c2cnc(OC)nc2)cs1. The number of carbonyl (C=O) groups excluding carboxylic acids is 1. The fraction of sp³-hybridized carbons (Fsp3) is 0.231. The summed E-state index contributed by atoms with van der Waals surface area (Å²) in [5.41, 5.74) is 4.80. The van der Waals surface area contributed by atoms with Gasteiger partial charge in [0, 0.05) is 41.9 Å². The molecule has 0 saturated carbocycles. The van der Waals surface area contributed by atoms with Crippen molar-refractivity contribution in [3.8, 4) is 28.4 Å². The number of nitrogens with zero attached hydrogens (tertiary/aromatic N) is 4. The molecule has 0 spiro atoms. The number of amides is 1. The Kier molecular flexibility index (Phi) is 7.10. The summed E-state index contributed by atoms with van der Waals surface area (Å²) >= 11 is 1.47. The highest BCUT2D eigenvalue weighted by atomic mass is 32.1. The van der Waals surface area contributed by atoms with E-state index < -0.39 is 0 Å². The predicted octanol–water partition coefficient (Wildman–Crippen LogP) is 5.51. The van der Waals surface area contributed by atoms with Gasteiger partial charge in [-0.25, -0.2) is 15.0 Å². The lowest BCUT2D eigenvalue weighted by Crippen LogP contribution is -2.33. The normalized spacial score (nSPS) is 11.7. The monoisotopic (exact) mass is 458 g/mol. The summed E-state index contributed by atoms with van der Waals surface area (Å²) in [6, 6.07) is 18.5. The predicted molar refractivity (Wildman–Crippen MR) is 132 cm³/mol. The first-order valence-corrected chi connectivity index (χ1v) is 11.7. The van der Waals surface area contributed by atoms with E-state index in [0.29, 0.717) is 11.1 Å². The zero-order chi connectivity index (χ0) is 23.2. The molecular formula is C26H26N4O2S. The minimum atomic E-state index is -0.0894. The van der Waals surface area contributed by atoms with E-state index in [0.717, 1.165) is 35.2 Å². The van der Waals surface area contributed by atoms with Crippen LogP contribution >= 0.6 is 11.3 Å². The van der Waals surface area contributed by atoms with Crippen molar-refractivity contribution in [1.82, 2.24) is 15.0 Å². The highest BCUT2D eigenvalue weighted by Crippen LogP contribution is 2.34. The van der Waals surface area contributed by atoms with Crippen molar-refractivity contribution in [2.45, 2.75) is 19.8 Å². The number of thiazole rings is 1. The number of rotatable bonds is 8. The van der Waals surface area contributed by atoms with Crippen molar-refractivity contribution >= 4 is 22.4 Å². The molecule has 0 unspecified atom stereocenters. The van der Waals surface area contributed by atoms with Crippen LogP contribution in [0.15, 0.2) is 72.4 Å². The van der Waals surface area contributed by atoms with Gasteiger partial charge in [0.15, 0.2) is 5.13 Å². The largest absolute Gasteiger partial charge is 0.467 e. The number of methoxy groups -OCH3 is 1. The lowest BCUT2D eigenvalue weighted by Gasteiger charge is -2.21. The average Bonchev–Trinajstić information content (AvgIpc) is 3.37. The fourth-order valence-electron chi connectivity index (χ4n) is 3.73. The molecule has 2 aromatic heterocycles. The van der Waals surface area contributed by atoms with Crippen molar-refractivity contribution in [3.63, 3.8) is 0 Å². The smallest absolute Gasteiger partial charge is 0.316 e. The highest BCUT2D eigenvalue weighted by Gasteiger charge is 2.24. The topological polar surface area (TPSA) is 68.2 Å². The molecule has 2 heterocycles. The molecule has 0 aliphatic heterocycles. The summed E-state index contributed by atoms with van der Waals surface area (Å²) in [6.45, 7) is 2.06. The van der Waals surface area contributed by atoms with E-state index in [-0.39, 0.29) is 11.8 Å². The van der Waals surface area contributed by atoms with Gasteiger partial charge in [0.1, 0.15) is 0 Å². The fourth-order valence-corrected chi connectivity index (χ4v) is 4.53. The van der Waals surface area contributed by atoms with Gasteiger partial charge in [-0.2, -0.15) is 0 Å². The first kappa shape index (κ1) is 22.6. The number of aromatic nitrogens is 3. The Balaban J connectivity index is 1.57. The molecular weight excluding hydrogens is 432 g/mol. The van der Waals surface area contributed by atoms with Gasteiger partial charge in [-0.05, 0) is 24.0 Å². The Morgan fingerprint density at radius 2 is 1.70 bits per heavy atom. The van der Waals surface area contributed by atoms with Crippen LogP contribution in [0.2, 0.25) is 0 Å². The van der Waals surface area contributed by atoms with Gasteiger partial charge >= 0.3 is 6.01 Å². The Bertz CT molecular complexity index is 1210. The number of hydrogen-bond acceptors (Lipinski definition) is 6. The zero-order valence-corrected chi connectivity index (χ0v) is 19.7. The summed E-state index contributed by atoms with van der Waals surface area (Å²) in [7, 11) is 3.35. The molecule has 4 aromatic rings. The third-order valence-electron chi connectivity index (χ3n) is 5.60. The molecule has 0 aliphatic rings. The maximum Gasteiger partial charge on any atom is 0.316 e. The standard InChI is InChI=1S/C26H26N4O2S/c1-4-19(14-18-10-6-5-7-11-18)24(31)30(2)26-29-23(17-33-26)22-13-9-8-12-21(22)20-15-27-25(32-3)28-16-20/h5-13,15-17,19H,4,14H2,1-3H3/t19-/m1/s1. The Hall–Kier alpha value is -3.58. The van der Waals surface area contributed by atoms with E-state index in [9.17, 15) is 4.79 Å². The minimum Gasteiger partial charge on any atom is -0.467 e. The Morgan fingerprint density at radius 3 is 2.36 bits per heavy atom. The van der Waals surface area contributed by atoms with Crippen LogP contribution in [0.4, 0.5) is 5.13 Å². The summed E-state index contributed by atoms with van der Waals surface area (Å²) in [6.07, 6.45) is 4.97. The third kappa shape index (κ3) is 5.09. The first-order valence-electron chi connectivity index (χ1n) is 10.8. The maximum atomic E-state index is 13.2. The second kappa shape index (κ2) is 10.4. The van der Waals surface area contributed by atoms with Gasteiger partial charge in [-0.1, -0.05) is 61.5 Å². The van der Waals surface area contributed by atoms with Crippen molar-refractivity contribution in [2.24, 2.45) is 5.92 Å². The van der Waals surface area contributed by atoms with Crippen LogP contribution in [0.25, 0.3) is 22.4 Å². The molecule has 6 nitrogen and oxygen atoms in total. The molecule has 0 saturated heterocycles. The second-order valence-electron chi connectivity index (χ2n) is 7.71. The number of carbonyl (C=O) groups is 1. The van der Waals surface area contributed by atoms with Crippen LogP contribution in [0.5, 0.6) is 6.01 Å². The first-order chi connectivity index (χ1) is 16.1. The van der Waals surface area contributed by atoms with Crippen LogP contribution < -0.4 is 9.64 Å². The Morgan fingerprint density at radius 1 is 1.03 bits per heavy atom. The van der Waals surface area contributed by atoms with E-state index in [1.165, 1.54) is 16.9 Å². The summed E-state index contributed by atoms with van der Waals surface area (Å²) in [5.74, 6) is -0.00687. The minimum absolute atomic E-state index is 0.0825.